The van der Waals surface area contributed by atoms with Gasteiger partial charge in [-0.25, -0.2) is 0 Å². The second-order valence-electron chi connectivity index (χ2n) is 7.49. The molecule has 2 fully saturated rings. The van der Waals surface area contributed by atoms with Crippen molar-refractivity contribution in [2.45, 2.75) is 30.8 Å². The Balaban J connectivity index is 1.41. The molecule has 1 aliphatic carbocycles. The summed E-state index contributed by atoms with van der Waals surface area (Å²) in [5.74, 6) is 0.168. The van der Waals surface area contributed by atoms with Crippen LogP contribution in [0.3, 0.4) is 0 Å². The number of aliphatic hydroxyl groups excluding tert-OH is 1. The van der Waals surface area contributed by atoms with Crippen LogP contribution in [0.1, 0.15) is 24.1 Å². The molecule has 136 valence electrons. The maximum absolute atomic E-state index is 13.0. The van der Waals surface area contributed by atoms with Gasteiger partial charge < -0.3 is 10.4 Å². The molecule has 1 saturated carbocycles. The predicted molar refractivity (Wildman–Crippen MR) is 99.4 cm³/mol. The van der Waals surface area contributed by atoms with E-state index in [2.05, 4.69) is 15.2 Å². The molecule has 0 radical (unpaired) electrons. The van der Waals surface area contributed by atoms with Gasteiger partial charge in [0.05, 0.1) is 11.1 Å². The number of amides is 1. The fourth-order valence-electron chi connectivity index (χ4n) is 3.99. The van der Waals surface area contributed by atoms with Gasteiger partial charge in [-0.3, -0.25) is 14.7 Å². The van der Waals surface area contributed by atoms with Gasteiger partial charge in [-0.15, -0.1) is 0 Å². The van der Waals surface area contributed by atoms with Crippen LogP contribution in [0, 0.1) is 5.92 Å². The molecular formula is C21H25N3O2. The molecule has 1 aliphatic heterocycles. The average Bonchev–Trinajstić information content (AvgIpc) is 3.41. The summed E-state index contributed by atoms with van der Waals surface area (Å²) in [7, 11) is 0. The summed E-state index contributed by atoms with van der Waals surface area (Å²) in [5.41, 5.74) is 1.75. The third kappa shape index (κ3) is 3.37. The fraction of sp³-hybridized carbons (Fsp3) is 0.429. The van der Waals surface area contributed by atoms with Gasteiger partial charge in [0, 0.05) is 44.4 Å². The zero-order chi connectivity index (χ0) is 18.0. The first-order valence-corrected chi connectivity index (χ1v) is 9.31. The molecule has 1 aromatic carbocycles. The van der Waals surface area contributed by atoms with Crippen molar-refractivity contribution in [1.29, 1.82) is 0 Å². The van der Waals surface area contributed by atoms with Gasteiger partial charge in [0.25, 0.3) is 0 Å². The predicted octanol–water partition coefficient (Wildman–Crippen LogP) is 1.72. The van der Waals surface area contributed by atoms with Gasteiger partial charge in [-0.2, -0.15) is 0 Å². The van der Waals surface area contributed by atoms with Crippen molar-refractivity contribution in [1.82, 2.24) is 15.2 Å². The van der Waals surface area contributed by atoms with E-state index in [-0.39, 0.29) is 29.9 Å². The number of rotatable bonds is 6. The highest BCUT2D eigenvalue weighted by Crippen LogP contribution is 2.48. The van der Waals surface area contributed by atoms with Crippen molar-refractivity contribution in [3.8, 4) is 0 Å². The van der Waals surface area contributed by atoms with Crippen LogP contribution in [-0.4, -0.2) is 46.6 Å². The number of benzene rings is 1. The number of aliphatic hydroxyl groups is 1. The normalized spacial score (nSPS) is 24.3. The monoisotopic (exact) mass is 351 g/mol. The van der Waals surface area contributed by atoms with Crippen molar-refractivity contribution >= 4 is 5.91 Å². The number of pyridine rings is 1. The summed E-state index contributed by atoms with van der Waals surface area (Å²) in [6.07, 6.45) is 3.60. The minimum absolute atomic E-state index is 0.0163. The van der Waals surface area contributed by atoms with Crippen LogP contribution in [0.15, 0.2) is 54.7 Å². The summed E-state index contributed by atoms with van der Waals surface area (Å²) >= 11 is 0. The van der Waals surface area contributed by atoms with Crippen molar-refractivity contribution < 1.29 is 9.90 Å². The molecule has 0 unspecified atom stereocenters. The zero-order valence-electron chi connectivity index (χ0n) is 14.8. The molecule has 2 N–H and O–H groups in total. The number of hydrogen-bond acceptors (Lipinski definition) is 4. The van der Waals surface area contributed by atoms with Crippen LogP contribution in [0.2, 0.25) is 0 Å². The van der Waals surface area contributed by atoms with Gasteiger partial charge in [0.2, 0.25) is 5.91 Å². The van der Waals surface area contributed by atoms with Crippen LogP contribution in [0.25, 0.3) is 0 Å². The minimum atomic E-state index is -0.365. The molecule has 5 heteroatoms. The van der Waals surface area contributed by atoms with Crippen LogP contribution in [0.5, 0.6) is 0 Å². The third-order valence-corrected chi connectivity index (χ3v) is 5.69. The topological polar surface area (TPSA) is 65.5 Å². The van der Waals surface area contributed by atoms with Crippen LogP contribution < -0.4 is 5.32 Å². The molecule has 2 atom stereocenters. The van der Waals surface area contributed by atoms with E-state index in [0.717, 1.165) is 43.7 Å². The highest BCUT2D eigenvalue weighted by Gasteiger charge is 2.52. The summed E-state index contributed by atoms with van der Waals surface area (Å²) in [6.45, 7) is 2.35. The molecule has 0 spiro atoms. The Morgan fingerprint density at radius 3 is 2.58 bits per heavy atom. The molecule has 0 bridgehead atoms. The molecule has 2 aromatic rings. The SMILES string of the molecule is O=C(N[C@@H]1CN(Cc2ccccn2)C[C@H]1CO)C1(c2ccccc2)CC1. The molecule has 1 saturated heterocycles. The largest absolute Gasteiger partial charge is 0.396 e. The van der Waals surface area contributed by atoms with E-state index in [0.29, 0.717) is 0 Å². The van der Waals surface area contributed by atoms with Crippen molar-refractivity contribution in [2.24, 2.45) is 5.92 Å². The second kappa shape index (κ2) is 7.17. The smallest absolute Gasteiger partial charge is 0.230 e. The van der Waals surface area contributed by atoms with Crippen molar-refractivity contribution in [3.63, 3.8) is 0 Å². The van der Waals surface area contributed by atoms with E-state index in [4.69, 9.17) is 0 Å². The first-order valence-electron chi connectivity index (χ1n) is 9.31. The Bertz CT molecular complexity index is 746. The number of carbonyl (C=O) groups excluding carboxylic acids is 1. The first kappa shape index (κ1) is 17.2. The lowest BCUT2D eigenvalue weighted by molar-refractivity contribution is -0.124. The van der Waals surface area contributed by atoms with E-state index in [9.17, 15) is 9.90 Å². The first-order chi connectivity index (χ1) is 12.7. The molecule has 26 heavy (non-hydrogen) atoms. The van der Waals surface area contributed by atoms with Crippen molar-refractivity contribution in [2.75, 3.05) is 19.7 Å². The molecule has 2 aliphatic rings. The number of hydrogen-bond donors (Lipinski definition) is 2. The van der Waals surface area contributed by atoms with E-state index >= 15 is 0 Å². The Morgan fingerprint density at radius 2 is 1.92 bits per heavy atom. The number of nitrogens with one attached hydrogen (secondary N) is 1. The Hall–Kier alpha value is -2.24. The number of carbonyl (C=O) groups is 1. The van der Waals surface area contributed by atoms with E-state index in [1.54, 1.807) is 6.20 Å². The number of nitrogens with zero attached hydrogens (tertiary/aromatic N) is 2. The van der Waals surface area contributed by atoms with Crippen LogP contribution in [-0.2, 0) is 16.8 Å². The third-order valence-electron chi connectivity index (χ3n) is 5.69. The van der Waals surface area contributed by atoms with Gasteiger partial charge in [0.1, 0.15) is 0 Å². The Morgan fingerprint density at radius 1 is 1.15 bits per heavy atom. The molecule has 1 aromatic heterocycles. The Labute approximate surface area is 154 Å². The fourth-order valence-corrected chi connectivity index (χ4v) is 3.99. The van der Waals surface area contributed by atoms with E-state index < -0.39 is 0 Å². The minimum Gasteiger partial charge on any atom is -0.396 e. The van der Waals surface area contributed by atoms with Gasteiger partial charge >= 0.3 is 0 Å². The van der Waals surface area contributed by atoms with E-state index in [1.165, 1.54) is 0 Å². The summed E-state index contributed by atoms with van der Waals surface area (Å²) in [5, 5.41) is 13.0. The molecular weight excluding hydrogens is 326 g/mol. The van der Waals surface area contributed by atoms with Crippen molar-refractivity contribution in [3.05, 3.63) is 66.0 Å². The average molecular weight is 351 g/mol. The lowest BCUT2D eigenvalue weighted by Crippen LogP contribution is -2.46. The zero-order valence-corrected chi connectivity index (χ0v) is 14.8. The molecule has 2 heterocycles. The van der Waals surface area contributed by atoms with Gasteiger partial charge in [0.15, 0.2) is 0 Å². The lowest BCUT2D eigenvalue weighted by Gasteiger charge is -2.22. The van der Waals surface area contributed by atoms with Crippen LogP contribution in [0.4, 0.5) is 0 Å². The van der Waals surface area contributed by atoms with Gasteiger partial charge in [-0.1, -0.05) is 36.4 Å². The molecule has 4 rings (SSSR count). The lowest BCUT2D eigenvalue weighted by atomic mass is 9.94. The van der Waals surface area contributed by atoms with E-state index in [1.807, 2.05) is 48.5 Å². The summed E-state index contributed by atoms with van der Waals surface area (Å²) in [4.78, 5) is 19.6. The number of aromatic nitrogens is 1. The highest BCUT2D eigenvalue weighted by atomic mass is 16.3. The maximum Gasteiger partial charge on any atom is 0.230 e. The molecule has 5 nitrogen and oxygen atoms in total. The van der Waals surface area contributed by atoms with Crippen LogP contribution >= 0.6 is 0 Å². The Kier molecular flexibility index (Phi) is 4.74. The highest BCUT2D eigenvalue weighted by molar-refractivity contribution is 5.91. The summed E-state index contributed by atoms with van der Waals surface area (Å²) < 4.78 is 0. The molecule has 1 amide bonds. The maximum atomic E-state index is 13.0. The number of likely N-dealkylation sites (tertiary alicyclic amines) is 1. The van der Waals surface area contributed by atoms with Gasteiger partial charge in [-0.05, 0) is 30.5 Å². The second-order valence-corrected chi connectivity index (χ2v) is 7.49. The standard InChI is InChI=1S/C21H25N3O2/c25-15-16-12-24(13-18-8-4-5-11-22-18)14-19(16)23-20(26)21(9-10-21)17-6-2-1-3-7-17/h1-8,11,16,19,25H,9-10,12-15H2,(H,23,26)/t16-,19+/m0/s1. The quantitative estimate of drug-likeness (QED) is 0.832. The summed E-state index contributed by atoms with van der Waals surface area (Å²) in [6, 6.07) is 15.9.